The number of amides is 1. The van der Waals surface area contributed by atoms with Crippen LogP contribution in [0.2, 0.25) is 0 Å². The maximum absolute atomic E-state index is 13.9. The van der Waals surface area contributed by atoms with E-state index in [0.717, 1.165) is 22.3 Å². The minimum Gasteiger partial charge on any atom is -0.507 e. The van der Waals surface area contributed by atoms with Crippen LogP contribution in [0.4, 0.5) is 0 Å². The molecule has 1 aliphatic rings. The number of carbonyl (C=O) groups is 1. The molecule has 39 heavy (non-hydrogen) atoms. The third kappa shape index (κ3) is 6.56. The van der Waals surface area contributed by atoms with Gasteiger partial charge in [0.2, 0.25) is 5.02 Å². The summed E-state index contributed by atoms with van der Waals surface area (Å²) >= 11 is 0. The summed E-state index contributed by atoms with van der Waals surface area (Å²) in [5.74, 6) is 0.556. The molecule has 0 fully saturated rings. The van der Waals surface area contributed by atoms with Gasteiger partial charge in [-0.3, -0.25) is 19.2 Å². The van der Waals surface area contributed by atoms with Gasteiger partial charge < -0.3 is 33.3 Å². The van der Waals surface area contributed by atoms with Crippen LogP contribution in [-0.2, 0) is 38.4 Å². The number of phenolic OH excluding ortho intramolecular Hbond substituents is 1. The first kappa shape index (κ1) is 33.8. The van der Waals surface area contributed by atoms with E-state index in [9.17, 15) is 19.0 Å². The monoisotopic (exact) mass is 592 g/mol. The Morgan fingerprint density at radius 3 is 1.87 bits per heavy atom. The Morgan fingerprint density at radius 1 is 0.923 bits per heavy atom. The highest BCUT2D eigenvalue weighted by Crippen LogP contribution is 2.76. The number of nitrogens with one attached hydrogen (secondary N) is 2. The second-order valence-corrected chi connectivity index (χ2v) is 14.9. The van der Waals surface area contributed by atoms with Crippen molar-refractivity contribution in [2.24, 2.45) is 0 Å². The van der Waals surface area contributed by atoms with Crippen LogP contribution in [0.1, 0.15) is 70.2 Å². The van der Waals surface area contributed by atoms with Crippen molar-refractivity contribution in [3.8, 4) is 11.5 Å². The number of carbonyl (C=O) groups excluding carboxylic acids is 1. The number of aromatic hydroxyl groups is 1. The Hall–Kier alpha value is -1.45. The molecule has 0 radical (unpaired) electrons. The molecule has 1 aromatic carbocycles. The van der Waals surface area contributed by atoms with Crippen LogP contribution in [0, 0.1) is 20.8 Å². The average molecular weight is 593 g/mol. The van der Waals surface area contributed by atoms with E-state index in [2.05, 4.69) is 10.6 Å². The second-order valence-electron chi connectivity index (χ2n) is 9.73. The van der Waals surface area contributed by atoms with Crippen molar-refractivity contribution < 1.29 is 41.9 Å². The predicted octanol–water partition coefficient (Wildman–Crippen LogP) is 5.31. The van der Waals surface area contributed by atoms with E-state index in [1.807, 2.05) is 20.8 Å². The minimum absolute atomic E-state index is 0.0524. The van der Waals surface area contributed by atoms with Gasteiger partial charge in [0.05, 0.1) is 26.4 Å². The number of phenols is 1. The van der Waals surface area contributed by atoms with Crippen LogP contribution < -0.4 is 15.4 Å². The van der Waals surface area contributed by atoms with Crippen molar-refractivity contribution in [1.82, 2.24) is 10.6 Å². The third-order valence-corrected chi connectivity index (χ3v) is 13.4. The first-order chi connectivity index (χ1) is 18.2. The number of fused-ring (bicyclic) bond motifs is 1. The van der Waals surface area contributed by atoms with Crippen LogP contribution in [0.25, 0.3) is 0 Å². The maximum atomic E-state index is 13.9. The summed E-state index contributed by atoms with van der Waals surface area (Å²) in [5.41, 5.74) is 2.06. The zero-order chi connectivity index (χ0) is 29.6. The first-order valence-electron chi connectivity index (χ1n) is 13.5. The van der Waals surface area contributed by atoms with Gasteiger partial charge in [0.1, 0.15) is 11.5 Å². The summed E-state index contributed by atoms with van der Waals surface area (Å²) < 4.78 is 56.3. The van der Waals surface area contributed by atoms with Crippen molar-refractivity contribution in [2.45, 2.75) is 85.8 Å². The lowest BCUT2D eigenvalue weighted by molar-refractivity contribution is -0.136. The van der Waals surface area contributed by atoms with Crippen LogP contribution in [-0.4, -0.2) is 61.2 Å². The largest absolute Gasteiger partial charge is 0.507 e. The lowest BCUT2D eigenvalue weighted by atomic mass is 9.86. The van der Waals surface area contributed by atoms with E-state index < -0.39 is 25.8 Å². The first-order valence-corrected chi connectivity index (χ1v) is 16.6. The molecule has 1 aromatic rings. The Bertz CT molecular complexity index is 1080. The summed E-state index contributed by atoms with van der Waals surface area (Å²) in [7, 11) is -8.13. The van der Waals surface area contributed by atoms with Gasteiger partial charge in [-0.1, -0.05) is 0 Å². The van der Waals surface area contributed by atoms with Crippen LogP contribution >= 0.6 is 15.2 Å². The number of hydrogen-bond acceptors (Lipinski definition) is 10. The molecule has 0 saturated carbocycles. The summed E-state index contributed by atoms with van der Waals surface area (Å²) in [5, 5.41) is 14.5. The molecule has 0 aliphatic carbocycles. The minimum atomic E-state index is -4.06. The van der Waals surface area contributed by atoms with Gasteiger partial charge in [-0.2, -0.15) is 0 Å². The highest BCUT2D eigenvalue weighted by Gasteiger charge is 2.62. The number of ether oxygens (including phenoxy) is 1. The summed E-state index contributed by atoms with van der Waals surface area (Å²) in [6, 6.07) is 0. The fourth-order valence-corrected chi connectivity index (χ4v) is 9.69. The maximum Gasteiger partial charge on any atom is 0.362 e. The Morgan fingerprint density at radius 2 is 1.41 bits per heavy atom. The SMILES string of the molecule is CCOP(=O)(OCC)C(C)(NCCNC(=O)C1(C)CCc2c(C)c(O)c(C)c(C)c2O1)P(=O)(OCC)OCC. The van der Waals surface area contributed by atoms with E-state index in [4.69, 9.17) is 22.8 Å². The van der Waals surface area contributed by atoms with Crippen molar-refractivity contribution in [1.29, 1.82) is 0 Å². The standard InChI is InChI=1S/C26H46N2O9P2/c1-10-33-38(31,34-11-2)26(9,39(32,35-12-3)36-13-4)28-17-16-27-24(30)25(8)15-14-21-20(7)22(29)18(5)19(6)23(21)37-25/h28-29H,10-17H2,1-9H3,(H,27,30). The van der Waals surface area contributed by atoms with Crippen molar-refractivity contribution in [3.05, 3.63) is 22.3 Å². The highest BCUT2D eigenvalue weighted by molar-refractivity contribution is 7.74. The van der Waals surface area contributed by atoms with Crippen LogP contribution in [0.15, 0.2) is 0 Å². The molecule has 3 N–H and O–H groups in total. The Labute approximate surface area is 232 Å². The van der Waals surface area contributed by atoms with E-state index >= 15 is 0 Å². The van der Waals surface area contributed by atoms with E-state index in [1.54, 1.807) is 34.6 Å². The molecule has 1 unspecified atom stereocenters. The normalized spacial score (nSPS) is 18.0. The summed E-state index contributed by atoms with van der Waals surface area (Å²) in [4.78, 5) is 13.3. The van der Waals surface area contributed by atoms with Crippen molar-refractivity contribution >= 4 is 21.1 Å². The fourth-order valence-electron chi connectivity index (χ4n) is 4.67. The van der Waals surface area contributed by atoms with Gasteiger partial charge in [0.25, 0.3) is 5.91 Å². The lowest BCUT2D eigenvalue weighted by Gasteiger charge is -2.40. The molecular weight excluding hydrogens is 546 g/mol. The Balaban J connectivity index is 2.23. The molecule has 224 valence electrons. The van der Waals surface area contributed by atoms with Crippen molar-refractivity contribution in [2.75, 3.05) is 39.5 Å². The number of hydrogen-bond donors (Lipinski definition) is 3. The summed E-state index contributed by atoms with van der Waals surface area (Å²) in [6.07, 6.45) is 1.00. The predicted molar refractivity (Wildman–Crippen MR) is 151 cm³/mol. The van der Waals surface area contributed by atoms with Gasteiger partial charge in [-0.05, 0) is 85.4 Å². The molecule has 1 heterocycles. The van der Waals surface area contributed by atoms with Crippen molar-refractivity contribution in [3.63, 3.8) is 0 Å². The average Bonchev–Trinajstić information content (AvgIpc) is 2.88. The van der Waals surface area contributed by atoms with Crippen LogP contribution in [0.5, 0.6) is 11.5 Å². The van der Waals surface area contributed by atoms with Gasteiger partial charge in [0, 0.05) is 25.1 Å². The van der Waals surface area contributed by atoms with Gasteiger partial charge >= 0.3 is 15.2 Å². The Kier molecular flexibility index (Phi) is 11.7. The quantitative estimate of drug-likeness (QED) is 0.181. The number of rotatable bonds is 15. The lowest BCUT2D eigenvalue weighted by Crippen LogP contribution is -2.53. The van der Waals surface area contributed by atoms with E-state index in [1.165, 1.54) is 6.92 Å². The topological polar surface area (TPSA) is 142 Å². The van der Waals surface area contributed by atoms with E-state index in [-0.39, 0.29) is 51.2 Å². The molecule has 0 spiro atoms. The summed E-state index contributed by atoms with van der Waals surface area (Å²) in [6.45, 7) is 15.7. The highest BCUT2D eigenvalue weighted by atomic mass is 31.2. The molecule has 1 aliphatic heterocycles. The van der Waals surface area contributed by atoms with E-state index in [0.29, 0.717) is 18.6 Å². The molecule has 13 heteroatoms. The second kappa shape index (κ2) is 13.5. The molecule has 0 bridgehead atoms. The number of benzene rings is 1. The van der Waals surface area contributed by atoms with Gasteiger partial charge in [0.15, 0.2) is 5.60 Å². The smallest absolute Gasteiger partial charge is 0.362 e. The van der Waals surface area contributed by atoms with Crippen LogP contribution in [0.3, 0.4) is 0 Å². The molecule has 0 aromatic heterocycles. The molecule has 0 saturated heterocycles. The zero-order valence-corrected chi connectivity index (χ0v) is 26.6. The van der Waals surface area contributed by atoms with Gasteiger partial charge in [-0.15, -0.1) is 0 Å². The van der Waals surface area contributed by atoms with Gasteiger partial charge in [-0.25, -0.2) is 0 Å². The molecule has 11 nitrogen and oxygen atoms in total. The molecular formula is C26H46N2O9P2. The fraction of sp³-hybridized carbons (Fsp3) is 0.731. The zero-order valence-electron chi connectivity index (χ0n) is 24.8. The third-order valence-electron chi connectivity index (χ3n) is 7.13. The molecule has 2 rings (SSSR count). The molecule has 1 amide bonds. The molecule has 1 atom stereocenters.